The summed E-state index contributed by atoms with van der Waals surface area (Å²) in [5.74, 6) is 0.375. The van der Waals surface area contributed by atoms with E-state index >= 15 is 0 Å². The van der Waals surface area contributed by atoms with Crippen molar-refractivity contribution in [2.45, 2.75) is 6.92 Å². The van der Waals surface area contributed by atoms with Crippen molar-refractivity contribution in [1.82, 2.24) is 0 Å². The molecule has 1 amide bonds. The number of anilines is 1. The van der Waals surface area contributed by atoms with Crippen molar-refractivity contribution < 1.29 is 19.0 Å². The van der Waals surface area contributed by atoms with Crippen molar-refractivity contribution in [2.24, 2.45) is 0 Å². The molecule has 0 aromatic heterocycles. The van der Waals surface area contributed by atoms with Gasteiger partial charge in [0.05, 0.1) is 31.0 Å². The molecule has 0 unspecified atom stereocenters. The maximum Gasteiger partial charge on any atom is 0.250 e. The highest BCUT2D eigenvalue weighted by Crippen LogP contribution is 2.26. The topological polar surface area (TPSA) is 56.8 Å². The first-order valence-corrected chi connectivity index (χ1v) is 6.34. The molecule has 0 aliphatic rings. The number of carbonyl (C=O) groups excluding carboxylic acids is 1. The van der Waals surface area contributed by atoms with E-state index in [0.717, 1.165) is 0 Å². The van der Waals surface area contributed by atoms with E-state index < -0.39 is 0 Å². The zero-order chi connectivity index (χ0) is 14.1. The SMILES string of the molecule is CCOCCOCC(=O)Nc1ccc(OC)cc1Cl. The first kappa shape index (κ1) is 15.8. The Morgan fingerprint density at radius 3 is 2.68 bits per heavy atom. The Morgan fingerprint density at radius 2 is 2.05 bits per heavy atom. The monoisotopic (exact) mass is 287 g/mol. The molecule has 0 saturated carbocycles. The first-order valence-electron chi connectivity index (χ1n) is 5.96. The lowest BCUT2D eigenvalue weighted by molar-refractivity contribution is -0.121. The van der Waals surface area contributed by atoms with Crippen molar-refractivity contribution in [2.75, 3.05) is 38.9 Å². The van der Waals surface area contributed by atoms with Crippen LogP contribution in [-0.2, 0) is 14.3 Å². The van der Waals surface area contributed by atoms with E-state index in [0.29, 0.717) is 36.3 Å². The van der Waals surface area contributed by atoms with Crippen LogP contribution in [0.4, 0.5) is 5.69 Å². The summed E-state index contributed by atoms with van der Waals surface area (Å²) in [6.07, 6.45) is 0. The number of amides is 1. The molecule has 0 fully saturated rings. The van der Waals surface area contributed by atoms with E-state index in [1.807, 2.05) is 6.92 Å². The van der Waals surface area contributed by atoms with Crippen molar-refractivity contribution in [3.05, 3.63) is 23.2 Å². The number of hydrogen-bond acceptors (Lipinski definition) is 4. The number of benzene rings is 1. The molecule has 0 radical (unpaired) electrons. The summed E-state index contributed by atoms with van der Waals surface area (Å²) < 4.78 is 15.3. The largest absolute Gasteiger partial charge is 0.497 e. The van der Waals surface area contributed by atoms with Gasteiger partial charge in [0.2, 0.25) is 5.91 Å². The fraction of sp³-hybridized carbons (Fsp3) is 0.462. The molecule has 0 atom stereocenters. The highest BCUT2D eigenvalue weighted by Gasteiger charge is 2.07. The lowest BCUT2D eigenvalue weighted by atomic mass is 10.3. The summed E-state index contributed by atoms with van der Waals surface area (Å²) in [6.45, 7) is 3.37. The first-order chi connectivity index (χ1) is 9.17. The molecule has 0 bridgehead atoms. The third kappa shape index (κ3) is 5.92. The standard InChI is InChI=1S/C13H18ClNO4/c1-3-18-6-7-19-9-13(16)15-12-5-4-10(17-2)8-11(12)14/h4-5,8H,3,6-7,9H2,1-2H3,(H,15,16). The van der Waals surface area contributed by atoms with Gasteiger partial charge in [0.1, 0.15) is 12.4 Å². The maximum absolute atomic E-state index is 11.6. The van der Waals surface area contributed by atoms with Crippen LogP contribution in [0.3, 0.4) is 0 Å². The van der Waals surface area contributed by atoms with Gasteiger partial charge >= 0.3 is 0 Å². The second-order valence-corrected chi connectivity index (χ2v) is 4.05. The van der Waals surface area contributed by atoms with Gasteiger partial charge in [-0.2, -0.15) is 0 Å². The van der Waals surface area contributed by atoms with E-state index in [-0.39, 0.29) is 12.5 Å². The number of carbonyl (C=O) groups is 1. The van der Waals surface area contributed by atoms with Crippen LogP contribution in [0.2, 0.25) is 5.02 Å². The lowest BCUT2D eigenvalue weighted by Crippen LogP contribution is -2.20. The zero-order valence-electron chi connectivity index (χ0n) is 11.1. The third-order valence-corrected chi connectivity index (χ3v) is 2.57. The number of halogens is 1. The molecule has 106 valence electrons. The fourth-order valence-electron chi connectivity index (χ4n) is 1.34. The minimum atomic E-state index is -0.261. The molecule has 1 aromatic carbocycles. The number of methoxy groups -OCH3 is 1. The van der Waals surface area contributed by atoms with Gasteiger partial charge < -0.3 is 19.5 Å². The molecular weight excluding hydrogens is 270 g/mol. The van der Waals surface area contributed by atoms with Crippen LogP contribution in [0.25, 0.3) is 0 Å². The van der Waals surface area contributed by atoms with Crippen LogP contribution in [0, 0.1) is 0 Å². The minimum Gasteiger partial charge on any atom is -0.497 e. The predicted molar refractivity (Wildman–Crippen MR) is 73.9 cm³/mol. The Bertz CT molecular complexity index is 412. The van der Waals surface area contributed by atoms with Gasteiger partial charge in [-0.3, -0.25) is 4.79 Å². The third-order valence-electron chi connectivity index (χ3n) is 2.26. The number of rotatable bonds is 8. The smallest absolute Gasteiger partial charge is 0.250 e. The molecule has 6 heteroatoms. The van der Waals surface area contributed by atoms with Gasteiger partial charge in [0, 0.05) is 12.7 Å². The van der Waals surface area contributed by atoms with Gasteiger partial charge in [-0.25, -0.2) is 0 Å². The molecule has 0 spiro atoms. The normalized spacial score (nSPS) is 10.3. The van der Waals surface area contributed by atoms with Gasteiger partial charge in [0.25, 0.3) is 0 Å². The molecule has 0 heterocycles. The molecule has 0 aliphatic heterocycles. The van der Waals surface area contributed by atoms with Crippen LogP contribution in [-0.4, -0.2) is 39.4 Å². The summed E-state index contributed by atoms with van der Waals surface area (Å²) in [6, 6.07) is 5.03. The highest BCUT2D eigenvalue weighted by atomic mass is 35.5. The lowest BCUT2D eigenvalue weighted by Gasteiger charge is -2.09. The molecule has 0 saturated heterocycles. The second-order valence-electron chi connectivity index (χ2n) is 3.64. The Labute approximate surface area is 117 Å². The Kier molecular flexibility index (Phi) is 7.25. The van der Waals surface area contributed by atoms with Crippen LogP contribution >= 0.6 is 11.6 Å². The molecule has 5 nitrogen and oxygen atoms in total. The summed E-state index contributed by atoms with van der Waals surface area (Å²) in [7, 11) is 1.55. The number of ether oxygens (including phenoxy) is 3. The van der Waals surface area contributed by atoms with Crippen LogP contribution in [0.1, 0.15) is 6.92 Å². The summed E-state index contributed by atoms with van der Waals surface area (Å²) in [4.78, 5) is 11.6. The van der Waals surface area contributed by atoms with Gasteiger partial charge in [-0.15, -0.1) is 0 Å². The predicted octanol–water partition coefficient (Wildman–Crippen LogP) is 2.34. The Morgan fingerprint density at radius 1 is 1.32 bits per heavy atom. The highest BCUT2D eigenvalue weighted by molar-refractivity contribution is 6.33. The van der Waals surface area contributed by atoms with Crippen molar-refractivity contribution in [3.8, 4) is 5.75 Å². The van der Waals surface area contributed by atoms with Crippen molar-refractivity contribution in [3.63, 3.8) is 0 Å². The van der Waals surface area contributed by atoms with E-state index in [9.17, 15) is 4.79 Å². The maximum atomic E-state index is 11.6. The zero-order valence-corrected chi connectivity index (χ0v) is 11.8. The van der Waals surface area contributed by atoms with E-state index in [1.165, 1.54) is 0 Å². The molecule has 1 N–H and O–H groups in total. The van der Waals surface area contributed by atoms with Crippen LogP contribution in [0.5, 0.6) is 5.75 Å². The molecule has 1 aromatic rings. The van der Waals surface area contributed by atoms with Gasteiger partial charge in [0.15, 0.2) is 0 Å². The minimum absolute atomic E-state index is 0.0323. The van der Waals surface area contributed by atoms with Crippen molar-refractivity contribution in [1.29, 1.82) is 0 Å². The molecule has 0 aliphatic carbocycles. The molecule has 19 heavy (non-hydrogen) atoms. The quantitative estimate of drug-likeness (QED) is 0.746. The molecular formula is C13H18ClNO4. The van der Waals surface area contributed by atoms with E-state index in [4.69, 9.17) is 25.8 Å². The van der Waals surface area contributed by atoms with Crippen molar-refractivity contribution >= 4 is 23.2 Å². The van der Waals surface area contributed by atoms with Crippen LogP contribution in [0.15, 0.2) is 18.2 Å². The Hall–Kier alpha value is -1.30. The Balaban J connectivity index is 2.36. The summed E-state index contributed by atoms with van der Waals surface area (Å²) in [5.41, 5.74) is 0.529. The number of nitrogens with one attached hydrogen (secondary N) is 1. The average molecular weight is 288 g/mol. The van der Waals surface area contributed by atoms with Gasteiger partial charge in [-0.05, 0) is 19.1 Å². The molecule has 1 rings (SSSR count). The fourth-order valence-corrected chi connectivity index (χ4v) is 1.56. The van der Waals surface area contributed by atoms with E-state index in [2.05, 4.69) is 5.32 Å². The average Bonchev–Trinajstić information content (AvgIpc) is 2.41. The number of hydrogen-bond donors (Lipinski definition) is 1. The summed E-state index contributed by atoms with van der Waals surface area (Å²) >= 11 is 6.00. The van der Waals surface area contributed by atoms with Crippen LogP contribution < -0.4 is 10.1 Å². The summed E-state index contributed by atoms with van der Waals surface area (Å²) in [5, 5.41) is 3.08. The van der Waals surface area contributed by atoms with Gasteiger partial charge in [-0.1, -0.05) is 11.6 Å². The second kappa shape index (κ2) is 8.74. The van der Waals surface area contributed by atoms with E-state index in [1.54, 1.807) is 25.3 Å².